The topological polar surface area (TPSA) is 46.3 Å². The molecule has 1 aromatic carbocycles. The highest BCUT2D eigenvalue weighted by Gasteiger charge is 2.34. The number of carbonyl (C=O) groups excluding carboxylic acids is 1. The summed E-state index contributed by atoms with van der Waals surface area (Å²) in [7, 11) is 0. The Balaban J connectivity index is 2.06. The van der Waals surface area contributed by atoms with E-state index in [4.69, 9.17) is 5.73 Å². The van der Waals surface area contributed by atoms with Crippen molar-refractivity contribution in [2.45, 2.75) is 52.1 Å². The van der Waals surface area contributed by atoms with Gasteiger partial charge in [-0.15, -0.1) is 0 Å². The van der Waals surface area contributed by atoms with Crippen LogP contribution in [0.25, 0.3) is 0 Å². The Morgan fingerprint density at radius 1 is 1.25 bits per heavy atom. The van der Waals surface area contributed by atoms with E-state index in [1.807, 2.05) is 11.8 Å². The first kappa shape index (κ1) is 15.0. The minimum atomic E-state index is -0.0227. The molecule has 3 nitrogen and oxygen atoms in total. The smallest absolute Gasteiger partial charge is 0.227 e. The van der Waals surface area contributed by atoms with E-state index in [1.54, 1.807) is 0 Å². The van der Waals surface area contributed by atoms with Crippen molar-refractivity contribution in [1.29, 1.82) is 0 Å². The molecule has 2 rings (SSSR count). The molecule has 0 spiro atoms. The Labute approximate surface area is 122 Å². The molecule has 1 fully saturated rings. The van der Waals surface area contributed by atoms with Crippen LogP contribution in [0.2, 0.25) is 0 Å². The van der Waals surface area contributed by atoms with Crippen LogP contribution in [0.4, 0.5) is 0 Å². The molecule has 110 valence electrons. The van der Waals surface area contributed by atoms with Crippen LogP contribution in [0.5, 0.6) is 0 Å². The normalized spacial score (nSPS) is 15.9. The summed E-state index contributed by atoms with van der Waals surface area (Å²) >= 11 is 0. The predicted octanol–water partition coefficient (Wildman–Crippen LogP) is 2.72. The van der Waals surface area contributed by atoms with E-state index in [0.29, 0.717) is 12.6 Å². The number of aryl methyl sites for hydroxylation is 1. The molecule has 1 atom stereocenters. The summed E-state index contributed by atoms with van der Waals surface area (Å²) in [5.74, 6) is 0.211. The van der Waals surface area contributed by atoms with Crippen LogP contribution in [-0.2, 0) is 17.8 Å². The van der Waals surface area contributed by atoms with Crippen LogP contribution >= 0.6 is 0 Å². The maximum atomic E-state index is 12.6. The fourth-order valence-corrected chi connectivity index (χ4v) is 2.53. The molecule has 0 saturated heterocycles. The Kier molecular flexibility index (Phi) is 5.18. The van der Waals surface area contributed by atoms with Gasteiger partial charge in [0.1, 0.15) is 0 Å². The number of hydrogen-bond acceptors (Lipinski definition) is 2. The SMILES string of the molecule is CCc1ccc(CN(C(=O)C(CC)CN)C2CC2)cc1. The third-order valence-corrected chi connectivity index (χ3v) is 4.18. The summed E-state index contributed by atoms with van der Waals surface area (Å²) in [5.41, 5.74) is 8.28. The van der Waals surface area contributed by atoms with Crippen LogP contribution in [-0.4, -0.2) is 23.4 Å². The fourth-order valence-electron chi connectivity index (χ4n) is 2.53. The molecule has 0 aliphatic heterocycles. The van der Waals surface area contributed by atoms with Gasteiger partial charge in [0.05, 0.1) is 5.92 Å². The standard InChI is InChI=1S/C17H26N2O/c1-3-13-5-7-14(8-6-13)12-19(16-9-10-16)17(20)15(4-2)11-18/h5-8,15-16H,3-4,9-12,18H2,1-2H3. The summed E-state index contributed by atoms with van der Waals surface area (Å²) in [6, 6.07) is 9.04. The average molecular weight is 274 g/mol. The van der Waals surface area contributed by atoms with Gasteiger partial charge >= 0.3 is 0 Å². The molecule has 0 heterocycles. The van der Waals surface area contributed by atoms with Crippen molar-refractivity contribution in [3.8, 4) is 0 Å². The summed E-state index contributed by atoms with van der Waals surface area (Å²) < 4.78 is 0. The molecule has 1 amide bonds. The van der Waals surface area contributed by atoms with Crippen LogP contribution < -0.4 is 5.73 Å². The lowest BCUT2D eigenvalue weighted by Gasteiger charge is -2.26. The van der Waals surface area contributed by atoms with E-state index in [1.165, 1.54) is 11.1 Å². The molecule has 1 aliphatic rings. The van der Waals surface area contributed by atoms with Crippen molar-refractivity contribution >= 4 is 5.91 Å². The second kappa shape index (κ2) is 6.89. The second-order valence-electron chi connectivity index (χ2n) is 5.71. The molecule has 1 aromatic rings. The zero-order valence-corrected chi connectivity index (χ0v) is 12.6. The Morgan fingerprint density at radius 2 is 1.85 bits per heavy atom. The van der Waals surface area contributed by atoms with Crippen LogP contribution in [0, 0.1) is 5.92 Å². The molecular weight excluding hydrogens is 248 g/mol. The lowest BCUT2D eigenvalue weighted by Crippen LogP contribution is -2.39. The van der Waals surface area contributed by atoms with Gasteiger partial charge in [-0.1, -0.05) is 38.1 Å². The molecular formula is C17H26N2O. The van der Waals surface area contributed by atoms with Gasteiger partial charge in [-0.05, 0) is 36.8 Å². The largest absolute Gasteiger partial charge is 0.335 e. The highest BCUT2D eigenvalue weighted by atomic mass is 16.2. The van der Waals surface area contributed by atoms with Crippen molar-refractivity contribution in [1.82, 2.24) is 4.90 Å². The highest BCUT2D eigenvalue weighted by Crippen LogP contribution is 2.30. The summed E-state index contributed by atoms with van der Waals surface area (Å²) in [6.07, 6.45) is 4.16. The van der Waals surface area contributed by atoms with Gasteiger partial charge in [0, 0.05) is 19.1 Å². The predicted molar refractivity (Wildman–Crippen MR) is 82.2 cm³/mol. The van der Waals surface area contributed by atoms with E-state index < -0.39 is 0 Å². The quantitative estimate of drug-likeness (QED) is 0.831. The summed E-state index contributed by atoms with van der Waals surface area (Å²) in [6.45, 7) is 5.37. The minimum Gasteiger partial charge on any atom is -0.335 e. The van der Waals surface area contributed by atoms with Crippen molar-refractivity contribution in [2.24, 2.45) is 11.7 Å². The van der Waals surface area contributed by atoms with Crippen molar-refractivity contribution < 1.29 is 4.79 Å². The fraction of sp³-hybridized carbons (Fsp3) is 0.588. The highest BCUT2D eigenvalue weighted by molar-refractivity contribution is 5.79. The maximum Gasteiger partial charge on any atom is 0.227 e. The number of benzene rings is 1. The van der Waals surface area contributed by atoms with E-state index in [9.17, 15) is 4.79 Å². The number of amides is 1. The lowest BCUT2D eigenvalue weighted by atomic mass is 10.0. The van der Waals surface area contributed by atoms with Crippen molar-refractivity contribution in [3.63, 3.8) is 0 Å². The minimum absolute atomic E-state index is 0.0227. The van der Waals surface area contributed by atoms with Gasteiger partial charge in [0.15, 0.2) is 0 Å². The second-order valence-corrected chi connectivity index (χ2v) is 5.71. The van der Waals surface area contributed by atoms with Gasteiger partial charge < -0.3 is 10.6 Å². The van der Waals surface area contributed by atoms with E-state index in [0.717, 1.165) is 32.2 Å². The van der Waals surface area contributed by atoms with Crippen LogP contribution in [0.3, 0.4) is 0 Å². The number of nitrogens with two attached hydrogens (primary N) is 1. The molecule has 0 bridgehead atoms. The molecule has 0 aromatic heterocycles. The Morgan fingerprint density at radius 3 is 2.30 bits per heavy atom. The third kappa shape index (κ3) is 3.60. The van der Waals surface area contributed by atoms with Crippen molar-refractivity contribution in [2.75, 3.05) is 6.54 Å². The first-order valence-electron chi connectivity index (χ1n) is 7.77. The van der Waals surface area contributed by atoms with Gasteiger partial charge in [0.2, 0.25) is 5.91 Å². The number of nitrogens with zero attached hydrogens (tertiary/aromatic N) is 1. The lowest BCUT2D eigenvalue weighted by molar-refractivity contribution is -0.136. The average Bonchev–Trinajstić information content (AvgIpc) is 3.31. The molecule has 1 unspecified atom stereocenters. The number of carbonyl (C=O) groups is 1. The van der Waals surface area contributed by atoms with Gasteiger partial charge in [-0.3, -0.25) is 4.79 Å². The van der Waals surface area contributed by atoms with Crippen molar-refractivity contribution in [3.05, 3.63) is 35.4 Å². The molecule has 3 heteroatoms. The maximum absolute atomic E-state index is 12.6. The number of hydrogen-bond donors (Lipinski definition) is 1. The first-order chi connectivity index (χ1) is 9.69. The van der Waals surface area contributed by atoms with Crippen LogP contribution in [0.1, 0.15) is 44.2 Å². The van der Waals surface area contributed by atoms with Crippen LogP contribution in [0.15, 0.2) is 24.3 Å². The third-order valence-electron chi connectivity index (χ3n) is 4.18. The first-order valence-corrected chi connectivity index (χ1v) is 7.77. The van der Waals surface area contributed by atoms with Gasteiger partial charge in [-0.2, -0.15) is 0 Å². The van der Waals surface area contributed by atoms with E-state index >= 15 is 0 Å². The molecule has 20 heavy (non-hydrogen) atoms. The molecule has 2 N–H and O–H groups in total. The summed E-state index contributed by atoms with van der Waals surface area (Å²) in [5, 5.41) is 0. The molecule has 0 radical (unpaired) electrons. The van der Waals surface area contributed by atoms with E-state index in [2.05, 4.69) is 31.2 Å². The monoisotopic (exact) mass is 274 g/mol. The Bertz CT molecular complexity index is 433. The zero-order valence-electron chi connectivity index (χ0n) is 12.6. The van der Waals surface area contributed by atoms with E-state index in [-0.39, 0.29) is 11.8 Å². The molecule has 1 aliphatic carbocycles. The Hall–Kier alpha value is -1.35. The summed E-state index contributed by atoms with van der Waals surface area (Å²) in [4.78, 5) is 14.6. The van der Waals surface area contributed by atoms with Gasteiger partial charge in [0.25, 0.3) is 0 Å². The zero-order chi connectivity index (χ0) is 14.5. The molecule has 1 saturated carbocycles. The number of rotatable bonds is 7. The van der Waals surface area contributed by atoms with Gasteiger partial charge in [-0.25, -0.2) is 0 Å².